The Hall–Kier alpha value is -3.71. The predicted octanol–water partition coefficient (Wildman–Crippen LogP) is 4.71. The molecular weight excluding hydrogens is 392 g/mol. The molecule has 0 saturated heterocycles. The van der Waals surface area contributed by atoms with E-state index >= 15 is 0 Å². The Labute approximate surface area is 171 Å². The van der Waals surface area contributed by atoms with Gasteiger partial charge in [-0.25, -0.2) is 0 Å². The summed E-state index contributed by atoms with van der Waals surface area (Å²) < 4.78 is 10.7. The highest BCUT2D eigenvalue weighted by atomic mass is 35.5. The Bertz CT molecular complexity index is 1160. The van der Waals surface area contributed by atoms with Crippen molar-refractivity contribution in [1.29, 1.82) is 0 Å². The van der Waals surface area contributed by atoms with Gasteiger partial charge in [0.2, 0.25) is 5.82 Å². The van der Waals surface area contributed by atoms with E-state index in [4.69, 9.17) is 20.9 Å². The van der Waals surface area contributed by atoms with Crippen molar-refractivity contribution in [2.24, 2.45) is 0 Å². The van der Waals surface area contributed by atoms with Crippen LogP contribution in [0.15, 0.2) is 71.4 Å². The number of methoxy groups -OCH3 is 1. The molecule has 2 heterocycles. The molecule has 7 nitrogen and oxygen atoms in total. The summed E-state index contributed by atoms with van der Waals surface area (Å²) >= 11 is 6.39. The summed E-state index contributed by atoms with van der Waals surface area (Å²) in [7, 11) is 1.57. The highest BCUT2D eigenvalue weighted by Crippen LogP contribution is 2.33. The molecule has 0 aliphatic rings. The van der Waals surface area contributed by atoms with Crippen molar-refractivity contribution in [2.75, 3.05) is 12.4 Å². The van der Waals surface area contributed by atoms with Crippen LogP contribution in [0.3, 0.4) is 0 Å². The third kappa shape index (κ3) is 3.95. The van der Waals surface area contributed by atoms with E-state index in [-0.39, 0.29) is 5.91 Å². The average Bonchev–Trinajstić information content (AvgIpc) is 3.24. The van der Waals surface area contributed by atoms with E-state index in [0.29, 0.717) is 45.0 Å². The van der Waals surface area contributed by atoms with Crippen molar-refractivity contribution in [3.63, 3.8) is 0 Å². The lowest BCUT2D eigenvalue weighted by molar-refractivity contribution is 0.102. The number of benzene rings is 2. The molecule has 0 aliphatic heterocycles. The van der Waals surface area contributed by atoms with Crippen molar-refractivity contribution < 1.29 is 14.1 Å². The molecule has 0 saturated carbocycles. The Balaban J connectivity index is 1.57. The normalized spacial score (nSPS) is 10.6. The maximum Gasteiger partial charge on any atom is 0.274 e. The zero-order valence-corrected chi connectivity index (χ0v) is 16.1. The highest BCUT2D eigenvalue weighted by molar-refractivity contribution is 6.33. The summed E-state index contributed by atoms with van der Waals surface area (Å²) in [5.74, 6) is 0.952. The number of para-hydroxylation sites is 1. The fraction of sp³-hybridized carbons (Fsp3) is 0.0476. The molecule has 8 heteroatoms. The molecule has 29 heavy (non-hydrogen) atoms. The first-order valence-corrected chi connectivity index (χ1v) is 9.03. The number of ether oxygens (including phenoxy) is 1. The average molecular weight is 407 g/mol. The number of carbonyl (C=O) groups excluding carboxylic acids is 1. The van der Waals surface area contributed by atoms with Crippen molar-refractivity contribution in [3.8, 4) is 28.6 Å². The Morgan fingerprint density at radius 1 is 1.07 bits per heavy atom. The van der Waals surface area contributed by atoms with Gasteiger partial charge in [0, 0.05) is 17.4 Å². The number of anilines is 1. The molecule has 1 N–H and O–H groups in total. The monoisotopic (exact) mass is 406 g/mol. The zero-order chi connectivity index (χ0) is 20.2. The lowest BCUT2D eigenvalue weighted by Crippen LogP contribution is -2.13. The summed E-state index contributed by atoms with van der Waals surface area (Å²) in [4.78, 5) is 20.7. The largest absolute Gasteiger partial charge is 0.496 e. The van der Waals surface area contributed by atoms with E-state index in [9.17, 15) is 4.79 Å². The number of nitrogens with one attached hydrogen (secondary N) is 1. The first-order valence-electron chi connectivity index (χ1n) is 8.65. The fourth-order valence-corrected chi connectivity index (χ4v) is 3.00. The summed E-state index contributed by atoms with van der Waals surface area (Å²) in [6.07, 6.45) is 1.56. The van der Waals surface area contributed by atoms with E-state index < -0.39 is 0 Å². The van der Waals surface area contributed by atoms with Gasteiger partial charge in [-0.2, -0.15) is 4.98 Å². The topological polar surface area (TPSA) is 90.1 Å². The number of rotatable bonds is 5. The first-order chi connectivity index (χ1) is 14.2. The maximum atomic E-state index is 12.2. The van der Waals surface area contributed by atoms with Crippen LogP contribution in [0.4, 0.5) is 5.69 Å². The van der Waals surface area contributed by atoms with Crippen LogP contribution < -0.4 is 10.1 Å². The van der Waals surface area contributed by atoms with E-state index in [2.05, 4.69) is 20.4 Å². The van der Waals surface area contributed by atoms with Crippen LogP contribution in [-0.4, -0.2) is 28.1 Å². The molecule has 4 rings (SSSR count). The van der Waals surface area contributed by atoms with Gasteiger partial charge in [-0.1, -0.05) is 35.0 Å². The molecule has 0 fully saturated rings. The minimum atomic E-state index is -0.326. The number of aromatic nitrogens is 3. The second-order valence-electron chi connectivity index (χ2n) is 5.99. The van der Waals surface area contributed by atoms with E-state index in [1.807, 2.05) is 24.3 Å². The summed E-state index contributed by atoms with van der Waals surface area (Å²) in [6, 6.07) is 17.5. The van der Waals surface area contributed by atoms with Gasteiger partial charge in [0.1, 0.15) is 11.4 Å². The molecule has 1 amide bonds. The summed E-state index contributed by atoms with van der Waals surface area (Å²) in [5, 5.41) is 7.14. The first kappa shape index (κ1) is 18.6. The van der Waals surface area contributed by atoms with Crippen LogP contribution in [0, 0.1) is 0 Å². The van der Waals surface area contributed by atoms with Gasteiger partial charge in [0.15, 0.2) is 0 Å². The molecule has 0 unspecified atom stereocenters. The SMILES string of the molecule is COc1ccccc1-c1nc(-c2ccc(NC(=O)c3ccccn3)cc2Cl)no1. The van der Waals surface area contributed by atoms with Crippen molar-refractivity contribution in [2.45, 2.75) is 0 Å². The number of hydrogen-bond acceptors (Lipinski definition) is 6. The number of nitrogens with zero attached hydrogens (tertiary/aromatic N) is 3. The lowest BCUT2D eigenvalue weighted by atomic mass is 10.1. The van der Waals surface area contributed by atoms with Crippen molar-refractivity contribution in [3.05, 3.63) is 77.6 Å². The van der Waals surface area contributed by atoms with Gasteiger partial charge >= 0.3 is 0 Å². The molecule has 2 aromatic heterocycles. The highest BCUT2D eigenvalue weighted by Gasteiger charge is 2.17. The van der Waals surface area contributed by atoms with Crippen LogP contribution in [0.2, 0.25) is 5.02 Å². The number of hydrogen-bond donors (Lipinski definition) is 1. The Kier molecular flexibility index (Phi) is 5.22. The quantitative estimate of drug-likeness (QED) is 0.516. The van der Waals surface area contributed by atoms with Gasteiger partial charge in [-0.15, -0.1) is 0 Å². The standard InChI is InChI=1S/C21H15ClN4O3/c1-28-18-8-3-2-6-15(18)21-25-19(26-29-21)14-10-9-13(12-16(14)22)24-20(27)17-7-4-5-11-23-17/h2-12H,1H3,(H,24,27). The summed E-state index contributed by atoms with van der Waals surface area (Å²) in [5.41, 5.74) is 2.10. The van der Waals surface area contributed by atoms with Crippen molar-refractivity contribution >= 4 is 23.2 Å². The number of amides is 1. The molecule has 0 spiro atoms. The molecule has 144 valence electrons. The van der Waals surface area contributed by atoms with Crippen LogP contribution in [0.1, 0.15) is 10.5 Å². The third-order valence-electron chi connectivity index (χ3n) is 4.13. The van der Waals surface area contributed by atoms with Gasteiger partial charge in [-0.3, -0.25) is 9.78 Å². The van der Waals surface area contributed by atoms with Gasteiger partial charge in [-0.05, 0) is 42.5 Å². The molecule has 0 radical (unpaired) electrons. The lowest BCUT2D eigenvalue weighted by Gasteiger charge is -2.06. The van der Waals surface area contributed by atoms with Crippen LogP contribution in [-0.2, 0) is 0 Å². The number of halogens is 1. The molecule has 0 bridgehead atoms. The van der Waals surface area contributed by atoms with Gasteiger partial charge in [0.25, 0.3) is 11.8 Å². The molecular formula is C21H15ClN4O3. The van der Waals surface area contributed by atoms with E-state index in [1.165, 1.54) is 0 Å². The predicted molar refractivity (Wildman–Crippen MR) is 109 cm³/mol. The molecule has 0 aliphatic carbocycles. The van der Waals surface area contributed by atoms with Crippen LogP contribution in [0.25, 0.3) is 22.8 Å². The maximum absolute atomic E-state index is 12.2. The summed E-state index contributed by atoms with van der Waals surface area (Å²) in [6.45, 7) is 0. The van der Waals surface area contributed by atoms with Gasteiger partial charge < -0.3 is 14.6 Å². The minimum Gasteiger partial charge on any atom is -0.496 e. The number of carbonyl (C=O) groups is 1. The van der Waals surface area contributed by atoms with Gasteiger partial charge in [0.05, 0.1) is 17.7 Å². The Morgan fingerprint density at radius 3 is 2.66 bits per heavy atom. The van der Waals surface area contributed by atoms with Crippen LogP contribution in [0.5, 0.6) is 5.75 Å². The molecule has 4 aromatic rings. The second kappa shape index (κ2) is 8.12. The van der Waals surface area contributed by atoms with E-state index in [0.717, 1.165) is 0 Å². The Morgan fingerprint density at radius 2 is 1.90 bits per heavy atom. The second-order valence-corrected chi connectivity index (χ2v) is 6.39. The smallest absolute Gasteiger partial charge is 0.274 e. The van der Waals surface area contributed by atoms with Crippen molar-refractivity contribution in [1.82, 2.24) is 15.1 Å². The van der Waals surface area contributed by atoms with E-state index in [1.54, 1.807) is 49.7 Å². The van der Waals surface area contributed by atoms with Crippen LogP contribution >= 0.6 is 11.6 Å². The zero-order valence-electron chi connectivity index (χ0n) is 15.3. The number of pyridine rings is 1. The molecule has 2 aromatic carbocycles. The fourth-order valence-electron chi connectivity index (χ4n) is 2.73. The third-order valence-corrected chi connectivity index (χ3v) is 4.44. The molecule has 0 atom stereocenters. The minimum absolute atomic E-state index is 0.312.